The predicted octanol–water partition coefficient (Wildman–Crippen LogP) is -1.78. The zero-order valence-corrected chi connectivity index (χ0v) is 11.1. The second kappa shape index (κ2) is 6.11. The average Bonchev–Trinajstić information content (AvgIpc) is 2.62. The van der Waals surface area contributed by atoms with Crippen LogP contribution < -0.4 is 28.3 Å². The van der Waals surface area contributed by atoms with Crippen LogP contribution in [0.5, 0.6) is 11.5 Å². The van der Waals surface area contributed by atoms with Gasteiger partial charge in [0.1, 0.15) is 12.7 Å². The molecule has 0 aromatic carbocycles. The van der Waals surface area contributed by atoms with Crippen LogP contribution in [0.1, 0.15) is 12.8 Å². The van der Waals surface area contributed by atoms with E-state index < -0.39 is 10.1 Å². The Morgan fingerprint density at radius 3 is 2.82 bits per heavy atom. The van der Waals surface area contributed by atoms with Crippen molar-refractivity contribution in [2.75, 3.05) is 12.4 Å². The number of hydrogen-bond donors (Lipinski definition) is 0. The summed E-state index contributed by atoms with van der Waals surface area (Å²) in [6, 6.07) is 0. The molecule has 5 nitrogen and oxygen atoms in total. The van der Waals surface area contributed by atoms with Crippen LogP contribution in [-0.2, 0) is 10.1 Å². The van der Waals surface area contributed by atoms with Crippen LogP contribution in [0.3, 0.4) is 0 Å². The summed E-state index contributed by atoms with van der Waals surface area (Å²) in [6.45, 7) is 0.405. The van der Waals surface area contributed by atoms with Crippen molar-refractivity contribution < 1.29 is 41.3 Å². The summed E-state index contributed by atoms with van der Waals surface area (Å²) in [5, 5.41) is 3.69. The first-order chi connectivity index (χ1) is 7.54. The Labute approximate surface area is 116 Å². The van der Waals surface area contributed by atoms with Gasteiger partial charge in [-0.15, -0.1) is 11.3 Å². The Kier molecular flexibility index (Phi) is 5.35. The summed E-state index contributed by atoms with van der Waals surface area (Å²) in [5.41, 5.74) is 0. The third-order valence-corrected chi connectivity index (χ3v) is 3.72. The molecule has 1 aromatic rings. The first-order valence-corrected chi connectivity index (χ1v) is 7.36. The van der Waals surface area contributed by atoms with Crippen molar-refractivity contribution in [2.24, 2.45) is 0 Å². The molecule has 0 saturated heterocycles. The number of hydrogen-bond acceptors (Lipinski definition) is 6. The fraction of sp³-hybridized carbons (Fsp3) is 0.556. The van der Waals surface area contributed by atoms with Gasteiger partial charge >= 0.3 is 18.9 Å². The van der Waals surface area contributed by atoms with E-state index >= 15 is 0 Å². The third kappa shape index (κ3) is 4.52. The summed E-state index contributed by atoms with van der Waals surface area (Å²) in [5.74, 6) is 1.09. The van der Waals surface area contributed by atoms with E-state index in [-0.39, 0.29) is 30.7 Å². The minimum Gasteiger partial charge on any atom is -0.748 e. The van der Waals surface area contributed by atoms with Crippen LogP contribution in [0.2, 0.25) is 0 Å². The van der Waals surface area contributed by atoms with Crippen molar-refractivity contribution in [1.29, 1.82) is 0 Å². The summed E-state index contributed by atoms with van der Waals surface area (Å²) >= 11 is 1.49. The molecule has 17 heavy (non-hydrogen) atoms. The molecule has 0 aliphatic carbocycles. The van der Waals surface area contributed by atoms with E-state index in [0.717, 1.165) is 5.75 Å². The minimum atomic E-state index is -4.12. The van der Waals surface area contributed by atoms with Gasteiger partial charge in [-0.2, -0.15) is 0 Å². The van der Waals surface area contributed by atoms with Gasteiger partial charge < -0.3 is 14.0 Å². The Bertz CT molecular complexity index is 456. The quantitative estimate of drug-likeness (QED) is 0.477. The molecule has 1 atom stereocenters. The van der Waals surface area contributed by atoms with Gasteiger partial charge in [0.15, 0.2) is 11.5 Å². The molecule has 0 fully saturated rings. The van der Waals surface area contributed by atoms with Crippen molar-refractivity contribution in [3.63, 3.8) is 0 Å². The van der Waals surface area contributed by atoms with Gasteiger partial charge in [-0.3, -0.25) is 0 Å². The molecule has 0 spiro atoms. The van der Waals surface area contributed by atoms with Crippen molar-refractivity contribution >= 4 is 21.5 Å². The molecule has 8 heteroatoms. The zero-order valence-electron chi connectivity index (χ0n) is 9.42. The second-order valence-corrected chi connectivity index (χ2v) is 5.82. The second-order valence-electron chi connectivity index (χ2n) is 3.56. The molecule has 0 amide bonds. The summed E-state index contributed by atoms with van der Waals surface area (Å²) in [6.07, 6.45) is 0.652. The topological polar surface area (TPSA) is 75.7 Å². The molecule has 0 N–H and O–H groups in total. The maximum atomic E-state index is 10.4. The van der Waals surface area contributed by atoms with Crippen LogP contribution in [0.15, 0.2) is 10.8 Å². The maximum Gasteiger partial charge on any atom is 1.00 e. The molecule has 2 rings (SSSR count). The van der Waals surface area contributed by atoms with Crippen LogP contribution in [0.4, 0.5) is 0 Å². The van der Waals surface area contributed by atoms with Crippen molar-refractivity contribution in [3.8, 4) is 11.5 Å². The fourth-order valence-corrected chi connectivity index (χ4v) is 2.68. The first kappa shape index (κ1) is 14.9. The van der Waals surface area contributed by atoms with Crippen LogP contribution in [-0.4, -0.2) is 31.4 Å². The van der Waals surface area contributed by atoms with E-state index in [1.54, 1.807) is 0 Å². The van der Waals surface area contributed by atoms with Gasteiger partial charge in [0.05, 0.1) is 10.1 Å². The number of rotatable bonds is 4. The van der Waals surface area contributed by atoms with E-state index in [1.165, 1.54) is 11.3 Å². The molecule has 2 heterocycles. The molecule has 1 unspecified atom stereocenters. The van der Waals surface area contributed by atoms with Crippen LogP contribution >= 0.6 is 11.3 Å². The SMILES string of the molecule is O=S(=O)([O-])CCCC1COc2cscc2O1.[Li+]. The van der Waals surface area contributed by atoms with Gasteiger partial charge in [-0.25, -0.2) is 8.42 Å². The van der Waals surface area contributed by atoms with Gasteiger partial charge in [-0.05, 0) is 12.8 Å². The Balaban J connectivity index is 0.00000144. The van der Waals surface area contributed by atoms with Gasteiger partial charge in [0, 0.05) is 16.5 Å². The molecule has 0 radical (unpaired) electrons. The monoisotopic (exact) mass is 270 g/mol. The Morgan fingerprint density at radius 1 is 1.41 bits per heavy atom. The number of fused-ring (bicyclic) bond motifs is 1. The van der Waals surface area contributed by atoms with Gasteiger partial charge in [-0.1, -0.05) is 0 Å². The van der Waals surface area contributed by atoms with Crippen LogP contribution in [0.25, 0.3) is 0 Å². The standard InChI is InChI=1S/C9H12O5S2.Li/c10-16(11,12)3-1-2-7-4-13-8-5-15-6-9(8)14-7;/h5-7H,1-4H2,(H,10,11,12);/q;+1/p-1. The van der Waals surface area contributed by atoms with E-state index in [9.17, 15) is 13.0 Å². The first-order valence-electron chi connectivity index (χ1n) is 4.84. The molecule has 1 aliphatic rings. The zero-order chi connectivity index (χ0) is 11.6. The Hall–Kier alpha value is -0.193. The van der Waals surface area contributed by atoms with Crippen molar-refractivity contribution in [1.82, 2.24) is 0 Å². The molecule has 90 valence electrons. The van der Waals surface area contributed by atoms with Gasteiger partial charge in [0.25, 0.3) is 0 Å². The predicted molar refractivity (Wildman–Crippen MR) is 58.0 cm³/mol. The molecule has 1 aromatic heterocycles. The normalized spacial score (nSPS) is 18.5. The summed E-state index contributed by atoms with van der Waals surface area (Å²) in [7, 11) is -4.12. The molecule has 0 saturated carbocycles. The van der Waals surface area contributed by atoms with E-state index in [0.29, 0.717) is 25.2 Å². The molecule has 0 bridgehead atoms. The van der Waals surface area contributed by atoms with Crippen molar-refractivity contribution in [3.05, 3.63) is 10.8 Å². The number of ether oxygens (including phenoxy) is 2. The van der Waals surface area contributed by atoms with E-state index in [4.69, 9.17) is 9.47 Å². The minimum absolute atomic E-state index is 0. The van der Waals surface area contributed by atoms with E-state index in [2.05, 4.69) is 0 Å². The molecular weight excluding hydrogens is 259 g/mol. The van der Waals surface area contributed by atoms with Crippen LogP contribution in [0, 0.1) is 0 Å². The molecular formula is C9H11LiO5S2. The smallest absolute Gasteiger partial charge is 0.748 e. The Morgan fingerprint density at radius 2 is 2.12 bits per heavy atom. The maximum absolute atomic E-state index is 10.4. The summed E-state index contributed by atoms with van der Waals surface area (Å²) < 4.78 is 42.2. The summed E-state index contributed by atoms with van der Waals surface area (Å²) in [4.78, 5) is 0. The van der Waals surface area contributed by atoms with Gasteiger partial charge in [0.2, 0.25) is 0 Å². The average molecular weight is 270 g/mol. The molecule has 1 aliphatic heterocycles. The fourth-order valence-electron chi connectivity index (χ4n) is 1.49. The third-order valence-electron chi connectivity index (χ3n) is 2.23. The van der Waals surface area contributed by atoms with Crippen molar-refractivity contribution in [2.45, 2.75) is 18.9 Å². The van der Waals surface area contributed by atoms with E-state index in [1.807, 2.05) is 10.8 Å². The number of thiophene rings is 1. The largest absolute Gasteiger partial charge is 1.00 e.